The number of aliphatic hydroxyl groups is 1. The molecule has 1 unspecified atom stereocenters. The zero-order valence-corrected chi connectivity index (χ0v) is 26.1. The highest BCUT2D eigenvalue weighted by atomic mass is 16.5. The third-order valence-corrected chi connectivity index (χ3v) is 7.73. The van der Waals surface area contributed by atoms with E-state index in [-0.39, 0.29) is 23.4 Å². The van der Waals surface area contributed by atoms with Crippen LogP contribution in [0.4, 0.5) is 17.1 Å². The molecule has 0 spiro atoms. The lowest BCUT2D eigenvalue weighted by atomic mass is 9.72. The Kier molecular flexibility index (Phi) is 9.29. The Morgan fingerprint density at radius 2 is 1.02 bits per heavy atom. The number of anilines is 3. The summed E-state index contributed by atoms with van der Waals surface area (Å²) in [6.45, 7) is 18.4. The lowest BCUT2D eigenvalue weighted by molar-refractivity contribution is 0.201. The first-order chi connectivity index (χ1) is 19.4. The summed E-state index contributed by atoms with van der Waals surface area (Å²) in [5.74, 6) is 1.49. The average Bonchev–Trinajstić information content (AvgIpc) is 2.93. The number of nitrogens with zero attached hydrogens (tertiary/aromatic N) is 1. The van der Waals surface area contributed by atoms with Gasteiger partial charge in [0.15, 0.2) is 0 Å². The van der Waals surface area contributed by atoms with Gasteiger partial charge in [0.2, 0.25) is 0 Å². The topological polar surface area (TPSA) is 32.7 Å². The number of hydrogen-bond acceptors (Lipinski definition) is 3. The largest absolute Gasteiger partial charge is 0.491 e. The van der Waals surface area contributed by atoms with Crippen LogP contribution in [0.25, 0.3) is 0 Å². The monoisotopic (exact) mass is 549 g/mol. The second-order valence-electron chi connectivity index (χ2n) is 13.4. The fraction of sp³-hybridized carbons (Fsp3) is 0.368. The molecule has 0 bridgehead atoms. The predicted octanol–water partition coefficient (Wildman–Crippen LogP) is 10.1. The summed E-state index contributed by atoms with van der Waals surface area (Å²) in [5, 5.41) is 9.08. The molecular weight excluding hydrogens is 502 g/mol. The predicted molar refractivity (Wildman–Crippen MR) is 174 cm³/mol. The molecule has 4 aromatic carbocycles. The van der Waals surface area contributed by atoms with Gasteiger partial charge >= 0.3 is 0 Å². The third-order valence-electron chi connectivity index (χ3n) is 7.73. The van der Waals surface area contributed by atoms with E-state index < -0.39 is 0 Å². The van der Waals surface area contributed by atoms with E-state index >= 15 is 0 Å². The van der Waals surface area contributed by atoms with E-state index in [0.717, 1.165) is 22.8 Å². The SMILES string of the molecule is CC(C)c1ccc(N(c2ccc(C(c3ccc(OCCO)cc3)C(C)(C)C)cc2)c2ccc(C(C)(C)C)cc2)cc1. The van der Waals surface area contributed by atoms with Crippen LogP contribution in [0.3, 0.4) is 0 Å². The van der Waals surface area contributed by atoms with Crippen molar-refractivity contribution in [1.82, 2.24) is 0 Å². The van der Waals surface area contributed by atoms with Crippen LogP contribution in [0, 0.1) is 5.41 Å². The van der Waals surface area contributed by atoms with Crippen LogP contribution in [0.5, 0.6) is 5.75 Å². The highest BCUT2D eigenvalue weighted by molar-refractivity contribution is 5.77. The molecule has 4 aromatic rings. The Labute approximate surface area is 247 Å². The third kappa shape index (κ3) is 7.40. The summed E-state index contributed by atoms with van der Waals surface area (Å²) >= 11 is 0. The van der Waals surface area contributed by atoms with Gasteiger partial charge in [-0.1, -0.05) is 104 Å². The molecule has 0 heterocycles. The molecule has 0 aliphatic rings. The summed E-state index contributed by atoms with van der Waals surface area (Å²) < 4.78 is 5.60. The van der Waals surface area contributed by atoms with Gasteiger partial charge in [-0.15, -0.1) is 0 Å². The normalized spacial score (nSPS) is 12.8. The summed E-state index contributed by atoms with van der Waals surface area (Å²) in [5.41, 5.74) is 8.75. The van der Waals surface area contributed by atoms with E-state index in [9.17, 15) is 0 Å². The first kappa shape index (κ1) is 30.4. The molecule has 4 rings (SSSR count). The molecule has 0 fully saturated rings. The van der Waals surface area contributed by atoms with Crippen molar-refractivity contribution in [3.63, 3.8) is 0 Å². The maximum absolute atomic E-state index is 9.08. The molecule has 1 N–H and O–H groups in total. The molecule has 41 heavy (non-hydrogen) atoms. The van der Waals surface area contributed by atoms with E-state index in [1.807, 2.05) is 12.1 Å². The highest BCUT2D eigenvalue weighted by Gasteiger charge is 2.28. The maximum atomic E-state index is 9.08. The Hall–Kier alpha value is -3.56. The molecule has 216 valence electrons. The van der Waals surface area contributed by atoms with Crippen molar-refractivity contribution < 1.29 is 9.84 Å². The Balaban J connectivity index is 1.72. The molecule has 3 nitrogen and oxygen atoms in total. The number of rotatable bonds is 9. The van der Waals surface area contributed by atoms with Gasteiger partial charge in [-0.05, 0) is 87.5 Å². The van der Waals surface area contributed by atoms with Crippen molar-refractivity contribution in [2.45, 2.75) is 72.6 Å². The van der Waals surface area contributed by atoms with Gasteiger partial charge in [0, 0.05) is 23.0 Å². The van der Waals surface area contributed by atoms with Crippen molar-refractivity contribution in [3.8, 4) is 5.75 Å². The lowest BCUT2D eigenvalue weighted by Crippen LogP contribution is -2.20. The average molecular weight is 550 g/mol. The quantitative estimate of drug-likeness (QED) is 0.225. The van der Waals surface area contributed by atoms with Crippen LogP contribution in [-0.4, -0.2) is 18.3 Å². The van der Waals surface area contributed by atoms with Gasteiger partial charge in [-0.25, -0.2) is 0 Å². The molecule has 0 aliphatic heterocycles. The van der Waals surface area contributed by atoms with Gasteiger partial charge in [0.25, 0.3) is 0 Å². The first-order valence-electron chi connectivity index (χ1n) is 14.8. The smallest absolute Gasteiger partial charge is 0.119 e. The van der Waals surface area contributed by atoms with E-state index in [1.165, 1.54) is 22.3 Å². The second-order valence-corrected chi connectivity index (χ2v) is 13.4. The summed E-state index contributed by atoms with van der Waals surface area (Å²) in [4.78, 5) is 2.35. The minimum absolute atomic E-state index is 0.0122. The zero-order valence-electron chi connectivity index (χ0n) is 26.1. The number of aliphatic hydroxyl groups excluding tert-OH is 1. The molecule has 0 amide bonds. The van der Waals surface area contributed by atoms with Crippen LogP contribution in [0.15, 0.2) is 97.1 Å². The molecule has 0 aromatic heterocycles. The molecule has 0 aliphatic carbocycles. The molecular formula is C38H47NO2. The molecule has 3 heteroatoms. The van der Waals surface area contributed by atoms with Gasteiger partial charge in [0.05, 0.1) is 6.61 Å². The first-order valence-corrected chi connectivity index (χ1v) is 14.8. The van der Waals surface area contributed by atoms with Crippen LogP contribution in [0.2, 0.25) is 0 Å². The van der Waals surface area contributed by atoms with Crippen molar-refractivity contribution in [1.29, 1.82) is 0 Å². The van der Waals surface area contributed by atoms with E-state index in [4.69, 9.17) is 9.84 Å². The highest BCUT2D eigenvalue weighted by Crippen LogP contribution is 2.43. The number of benzene rings is 4. The van der Waals surface area contributed by atoms with Crippen LogP contribution < -0.4 is 9.64 Å². The van der Waals surface area contributed by atoms with Gasteiger partial charge in [0.1, 0.15) is 12.4 Å². The Bertz CT molecular complexity index is 1370. The minimum atomic E-state index is 0.0122. The van der Waals surface area contributed by atoms with Crippen LogP contribution in [-0.2, 0) is 5.41 Å². The Morgan fingerprint density at radius 3 is 1.41 bits per heavy atom. The maximum Gasteiger partial charge on any atom is 0.119 e. The van der Waals surface area contributed by atoms with Crippen molar-refractivity contribution >= 4 is 17.1 Å². The van der Waals surface area contributed by atoms with Crippen LogP contribution in [0.1, 0.15) is 89.5 Å². The van der Waals surface area contributed by atoms with Crippen molar-refractivity contribution in [2.24, 2.45) is 5.41 Å². The molecule has 1 atom stereocenters. The van der Waals surface area contributed by atoms with E-state index in [2.05, 4.69) is 145 Å². The minimum Gasteiger partial charge on any atom is -0.491 e. The van der Waals surface area contributed by atoms with E-state index in [0.29, 0.717) is 12.5 Å². The number of ether oxygens (including phenoxy) is 1. The fourth-order valence-corrected chi connectivity index (χ4v) is 5.49. The van der Waals surface area contributed by atoms with Crippen molar-refractivity contribution in [3.05, 3.63) is 119 Å². The Morgan fingerprint density at radius 1 is 0.610 bits per heavy atom. The molecule has 0 radical (unpaired) electrons. The zero-order chi connectivity index (χ0) is 29.8. The molecule has 0 saturated carbocycles. The van der Waals surface area contributed by atoms with Crippen molar-refractivity contribution in [2.75, 3.05) is 18.1 Å². The van der Waals surface area contributed by atoms with Gasteiger partial charge in [-0.2, -0.15) is 0 Å². The summed E-state index contributed by atoms with van der Waals surface area (Å²) in [6, 6.07) is 35.3. The molecule has 0 saturated heterocycles. The fourth-order valence-electron chi connectivity index (χ4n) is 5.49. The van der Waals surface area contributed by atoms with E-state index in [1.54, 1.807) is 0 Å². The lowest BCUT2D eigenvalue weighted by Gasteiger charge is -2.33. The van der Waals surface area contributed by atoms with Gasteiger partial charge in [-0.3, -0.25) is 0 Å². The standard InChI is InChI=1S/C38H47NO2/c1-27(2)28-9-17-32(18-10-28)39(34-21-15-31(16-22-34)37(3,4)5)33-19-11-29(12-20-33)36(38(6,7)8)30-13-23-35(24-14-30)41-26-25-40/h9-24,27,36,40H,25-26H2,1-8H3. The summed E-state index contributed by atoms with van der Waals surface area (Å²) in [6.07, 6.45) is 0. The van der Waals surface area contributed by atoms with Gasteiger partial charge < -0.3 is 14.7 Å². The summed E-state index contributed by atoms with van der Waals surface area (Å²) in [7, 11) is 0. The second kappa shape index (κ2) is 12.5. The van der Waals surface area contributed by atoms with Crippen LogP contribution >= 0.6 is 0 Å². The number of hydrogen-bond donors (Lipinski definition) is 1.